The van der Waals surface area contributed by atoms with Crippen LogP contribution in [-0.2, 0) is 19.3 Å². The highest BCUT2D eigenvalue weighted by atomic mass is 32.2. The third-order valence-corrected chi connectivity index (χ3v) is 5.90. The lowest BCUT2D eigenvalue weighted by molar-refractivity contribution is -0.137. The molecule has 0 saturated heterocycles. The lowest BCUT2D eigenvalue weighted by Crippen LogP contribution is -2.15. The van der Waals surface area contributed by atoms with Gasteiger partial charge >= 0.3 is 6.18 Å². The van der Waals surface area contributed by atoms with Gasteiger partial charge in [-0.25, -0.2) is 0 Å². The highest BCUT2D eigenvalue weighted by molar-refractivity contribution is 7.98. The van der Waals surface area contributed by atoms with Gasteiger partial charge in [-0.2, -0.15) is 13.2 Å². The van der Waals surface area contributed by atoms with Crippen molar-refractivity contribution in [3.63, 3.8) is 0 Å². The normalized spacial score (nSPS) is 11.5. The van der Waals surface area contributed by atoms with Gasteiger partial charge in [-0.15, -0.1) is 0 Å². The van der Waals surface area contributed by atoms with Crippen molar-refractivity contribution in [2.45, 2.75) is 24.2 Å². The third kappa shape index (κ3) is 5.86. The average molecular weight is 484 g/mol. The molecule has 0 unspecified atom stereocenters. The van der Waals surface area contributed by atoms with E-state index in [1.165, 1.54) is 12.1 Å². The number of nitrogens with one attached hydrogen (secondary N) is 3. The number of aromatic amines is 1. The molecular weight excluding hydrogens is 463 g/mol. The predicted molar refractivity (Wildman–Crippen MR) is 125 cm³/mol. The molecule has 5 nitrogen and oxygen atoms in total. The van der Waals surface area contributed by atoms with Gasteiger partial charge in [0.05, 0.1) is 5.56 Å². The molecule has 1 aromatic heterocycles. The van der Waals surface area contributed by atoms with Gasteiger partial charge in [0, 0.05) is 34.5 Å². The minimum absolute atomic E-state index is 0.292. The van der Waals surface area contributed by atoms with E-state index in [0.29, 0.717) is 24.3 Å². The molecule has 0 bridgehead atoms. The quantitative estimate of drug-likeness (QED) is 0.221. The topological polar surface area (TPSA) is 74.0 Å². The maximum absolute atomic E-state index is 12.7. The van der Waals surface area contributed by atoms with E-state index >= 15 is 0 Å². The monoisotopic (exact) mass is 483 g/mol. The van der Waals surface area contributed by atoms with Crippen molar-refractivity contribution in [1.29, 1.82) is 0 Å². The van der Waals surface area contributed by atoms with Crippen molar-refractivity contribution in [3.05, 3.63) is 101 Å². The smallest absolute Gasteiger partial charge is 0.350 e. The first-order valence-electron chi connectivity index (χ1n) is 10.3. The van der Waals surface area contributed by atoms with Crippen LogP contribution in [0.25, 0.3) is 10.9 Å². The van der Waals surface area contributed by atoms with Crippen LogP contribution in [0.2, 0.25) is 0 Å². The molecule has 174 valence electrons. The summed E-state index contributed by atoms with van der Waals surface area (Å²) in [4.78, 5) is 27.3. The molecule has 4 rings (SSSR count). The number of aromatic nitrogens is 1. The summed E-state index contributed by atoms with van der Waals surface area (Å²) in [6.07, 6.45) is -3.59. The van der Waals surface area contributed by atoms with Crippen molar-refractivity contribution in [3.8, 4) is 0 Å². The molecule has 0 radical (unpaired) electrons. The number of hydrogen-bond acceptors (Lipinski definition) is 4. The zero-order valence-electron chi connectivity index (χ0n) is 17.8. The van der Waals surface area contributed by atoms with Gasteiger partial charge in [-0.05, 0) is 59.5 Å². The van der Waals surface area contributed by atoms with E-state index in [1.54, 1.807) is 30.3 Å². The summed E-state index contributed by atoms with van der Waals surface area (Å²) in [5.41, 5.74) is 2.79. The molecule has 3 aromatic carbocycles. The van der Waals surface area contributed by atoms with E-state index in [2.05, 4.69) is 15.0 Å². The lowest BCUT2D eigenvalue weighted by atomic mass is 10.1. The number of fused-ring (bicyclic) bond motifs is 1. The standard InChI is InChI=1S/C25H20F3N3O2S/c26-25(27,28)20-8-5-16(6-9-20)13-29-14-17-4-7-19-12-23(30-22(19)11-17)24(33)31-34-21-3-1-2-18(10-21)15-32/h1-12,15,29-30H,13-14H2,(H,31,33). The van der Waals surface area contributed by atoms with Gasteiger partial charge in [0.25, 0.3) is 5.91 Å². The zero-order valence-corrected chi connectivity index (χ0v) is 18.6. The maximum Gasteiger partial charge on any atom is 0.416 e. The third-order valence-electron chi connectivity index (χ3n) is 5.13. The Labute approximate surface area is 197 Å². The lowest BCUT2D eigenvalue weighted by Gasteiger charge is -2.09. The number of aldehydes is 1. The average Bonchev–Trinajstić information content (AvgIpc) is 3.26. The van der Waals surface area contributed by atoms with Crippen LogP contribution in [0.5, 0.6) is 0 Å². The first-order chi connectivity index (χ1) is 16.3. The first kappa shape index (κ1) is 23.6. The van der Waals surface area contributed by atoms with E-state index in [-0.39, 0.29) is 5.91 Å². The molecule has 4 aromatic rings. The summed E-state index contributed by atoms with van der Waals surface area (Å²) in [7, 11) is 0. The Bertz CT molecular complexity index is 1320. The van der Waals surface area contributed by atoms with E-state index in [1.807, 2.05) is 18.2 Å². The Balaban J connectivity index is 1.34. The minimum atomic E-state index is -4.34. The van der Waals surface area contributed by atoms with Gasteiger partial charge in [0.15, 0.2) is 0 Å². The van der Waals surface area contributed by atoms with E-state index in [0.717, 1.165) is 57.3 Å². The molecular formula is C25H20F3N3O2S. The van der Waals surface area contributed by atoms with Gasteiger partial charge < -0.3 is 10.3 Å². The second kappa shape index (κ2) is 10.1. The molecule has 34 heavy (non-hydrogen) atoms. The Hall–Kier alpha value is -3.56. The van der Waals surface area contributed by atoms with Crippen LogP contribution in [0.4, 0.5) is 13.2 Å². The van der Waals surface area contributed by atoms with Crippen LogP contribution in [-0.4, -0.2) is 17.2 Å². The van der Waals surface area contributed by atoms with Crippen LogP contribution in [0.15, 0.2) is 77.7 Å². The SMILES string of the molecule is O=Cc1cccc(SNC(=O)c2cc3ccc(CNCc4ccc(C(F)(F)F)cc4)cc3[nH]2)c1. The molecule has 1 heterocycles. The maximum atomic E-state index is 12.7. The van der Waals surface area contributed by atoms with Crippen LogP contribution in [0.3, 0.4) is 0 Å². The molecule has 0 spiro atoms. The minimum Gasteiger partial charge on any atom is -0.350 e. The first-order valence-corrected chi connectivity index (χ1v) is 11.1. The predicted octanol–water partition coefficient (Wildman–Crippen LogP) is 5.73. The van der Waals surface area contributed by atoms with E-state index in [4.69, 9.17) is 0 Å². The fourth-order valence-corrected chi connectivity index (χ4v) is 4.04. The van der Waals surface area contributed by atoms with Crippen LogP contribution in [0, 0.1) is 0 Å². The van der Waals surface area contributed by atoms with Crippen LogP contribution >= 0.6 is 11.9 Å². The Morgan fingerprint density at radius 2 is 1.68 bits per heavy atom. The number of hydrogen-bond donors (Lipinski definition) is 3. The number of rotatable bonds is 8. The van der Waals surface area contributed by atoms with Crippen molar-refractivity contribution in [2.24, 2.45) is 0 Å². The van der Waals surface area contributed by atoms with Crippen LogP contribution < -0.4 is 10.0 Å². The number of halogens is 3. The molecule has 1 amide bonds. The van der Waals surface area contributed by atoms with Crippen molar-refractivity contribution in [1.82, 2.24) is 15.0 Å². The number of carbonyl (C=O) groups is 2. The number of benzene rings is 3. The summed E-state index contributed by atoms with van der Waals surface area (Å²) >= 11 is 1.13. The Morgan fingerprint density at radius 1 is 0.941 bits per heavy atom. The molecule has 9 heteroatoms. The molecule has 0 saturated carbocycles. The van der Waals surface area contributed by atoms with Gasteiger partial charge in [0.1, 0.15) is 12.0 Å². The number of carbonyl (C=O) groups excluding carboxylic acids is 2. The number of alkyl halides is 3. The van der Waals surface area contributed by atoms with Crippen molar-refractivity contribution in [2.75, 3.05) is 0 Å². The second-order valence-corrected chi connectivity index (χ2v) is 8.51. The summed E-state index contributed by atoms with van der Waals surface area (Å²) < 4.78 is 40.8. The second-order valence-electron chi connectivity index (χ2n) is 7.63. The number of amides is 1. The molecule has 0 aliphatic rings. The number of H-pyrrole nitrogens is 1. The van der Waals surface area contributed by atoms with Crippen molar-refractivity contribution >= 4 is 35.0 Å². The molecule has 3 N–H and O–H groups in total. The zero-order chi connectivity index (χ0) is 24.1. The molecule has 0 aliphatic heterocycles. The summed E-state index contributed by atoms with van der Waals surface area (Å²) in [6.45, 7) is 0.942. The van der Waals surface area contributed by atoms with Gasteiger partial charge in [-0.3, -0.25) is 14.3 Å². The highest BCUT2D eigenvalue weighted by Crippen LogP contribution is 2.29. The summed E-state index contributed by atoms with van der Waals surface area (Å²) in [5.74, 6) is -0.292. The van der Waals surface area contributed by atoms with Crippen molar-refractivity contribution < 1.29 is 22.8 Å². The molecule has 0 fully saturated rings. The summed E-state index contributed by atoms with van der Waals surface area (Å²) in [5, 5.41) is 4.09. The molecule has 0 atom stereocenters. The Kier molecular flexibility index (Phi) is 7.04. The Morgan fingerprint density at radius 3 is 2.41 bits per heavy atom. The van der Waals surface area contributed by atoms with Crippen LogP contribution in [0.1, 0.15) is 37.5 Å². The van der Waals surface area contributed by atoms with Gasteiger partial charge in [0.2, 0.25) is 0 Å². The van der Waals surface area contributed by atoms with E-state index in [9.17, 15) is 22.8 Å². The summed E-state index contributed by atoms with van der Waals surface area (Å²) in [6, 6.07) is 19.5. The largest absolute Gasteiger partial charge is 0.416 e. The van der Waals surface area contributed by atoms with Gasteiger partial charge in [-0.1, -0.05) is 36.4 Å². The highest BCUT2D eigenvalue weighted by Gasteiger charge is 2.29. The fourth-order valence-electron chi connectivity index (χ4n) is 3.38. The molecule has 0 aliphatic carbocycles. The van der Waals surface area contributed by atoms with E-state index < -0.39 is 11.7 Å². The fraction of sp³-hybridized carbons (Fsp3) is 0.120.